The highest BCUT2D eigenvalue weighted by molar-refractivity contribution is 9.10. The van der Waals surface area contributed by atoms with Crippen LogP contribution in [0.4, 0.5) is 11.4 Å². The number of benzene rings is 1. The smallest absolute Gasteiger partial charge is 0.255 e. The molecule has 4 nitrogen and oxygen atoms in total. The minimum absolute atomic E-state index is 0.201. The summed E-state index contributed by atoms with van der Waals surface area (Å²) < 4.78 is 0.624. The number of rotatable bonds is 0. The van der Waals surface area contributed by atoms with E-state index in [0.717, 1.165) is 0 Å². The zero-order chi connectivity index (χ0) is 11.0. The second-order valence-electron chi connectivity index (χ2n) is 3.19. The van der Waals surface area contributed by atoms with Gasteiger partial charge in [0.1, 0.15) is 0 Å². The van der Waals surface area contributed by atoms with Gasteiger partial charge in [-0.1, -0.05) is 11.6 Å². The Balaban J connectivity index is 2.69. The van der Waals surface area contributed by atoms with Crippen LogP contribution in [0.25, 0.3) is 0 Å². The molecule has 0 bridgehead atoms. The molecule has 1 aliphatic heterocycles. The van der Waals surface area contributed by atoms with Crippen molar-refractivity contribution in [1.82, 2.24) is 5.32 Å². The summed E-state index contributed by atoms with van der Waals surface area (Å²) in [5, 5.41) is 6.19. The summed E-state index contributed by atoms with van der Waals surface area (Å²) in [5.41, 5.74) is 7.34. The first-order valence-corrected chi connectivity index (χ1v) is 5.58. The lowest BCUT2D eigenvalue weighted by molar-refractivity contribution is 0.0958. The SMILES string of the molecule is Nc1cc(Br)c(Cl)c2c1NCCNC2=O. The number of nitrogen functional groups attached to an aromatic ring is 1. The molecule has 0 aromatic heterocycles. The molecule has 0 spiro atoms. The number of nitrogens with one attached hydrogen (secondary N) is 2. The molecule has 0 atom stereocenters. The first-order chi connectivity index (χ1) is 7.11. The highest BCUT2D eigenvalue weighted by Gasteiger charge is 2.22. The average molecular weight is 291 g/mol. The molecule has 0 aliphatic carbocycles. The summed E-state index contributed by atoms with van der Waals surface area (Å²) in [6, 6.07) is 1.69. The quantitative estimate of drug-likeness (QED) is 0.639. The van der Waals surface area contributed by atoms with Crippen molar-refractivity contribution in [3.8, 4) is 0 Å². The Labute approximate surface area is 100 Å². The maximum atomic E-state index is 11.7. The Bertz CT molecular complexity index is 436. The van der Waals surface area contributed by atoms with Crippen LogP contribution < -0.4 is 16.4 Å². The van der Waals surface area contributed by atoms with Crippen LogP contribution in [0.1, 0.15) is 10.4 Å². The van der Waals surface area contributed by atoms with Gasteiger partial charge in [0.15, 0.2) is 0 Å². The van der Waals surface area contributed by atoms with E-state index in [-0.39, 0.29) is 5.91 Å². The van der Waals surface area contributed by atoms with Crippen LogP contribution in [0, 0.1) is 0 Å². The summed E-state index contributed by atoms with van der Waals surface area (Å²) in [6.45, 7) is 1.20. The predicted octanol–water partition coefficient (Wildman–Crippen LogP) is 1.84. The van der Waals surface area contributed by atoms with Gasteiger partial charge in [0.25, 0.3) is 5.91 Å². The minimum Gasteiger partial charge on any atom is -0.397 e. The van der Waals surface area contributed by atoms with Crippen molar-refractivity contribution in [1.29, 1.82) is 0 Å². The van der Waals surface area contributed by atoms with E-state index in [1.807, 2.05) is 0 Å². The Morgan fingerprint density at radius 2 is 2.07 bits per heavy atom. The molecule has 1 aliphatic rings. The Kier molecular flexibility index (Phi) is 2.75. The van der Waals surface area contributed by atoms with E-state index in [9.17, 15) is 4.79 Å². The molecule has 2 rings (SSSR count). The molecule has 0 unspecified atom stereocenters. The molecule has 0 radical (unpaired) electrons. The maximum absolute atomic E-state index is 11.7. The van der Waals surface area contributed by atoms with Crippen molar-refractivity contribution < 1.29 is 4.79 Å². The van der Waals surface area contributed by atoms with Gasteiger partial charge in [-0.15, -0.1) is 0 Å². The van der Waals surface area contributed by atoms with Gasteiger partial charge in [0.05, 0.1) is 22.0 Å². The molecule has 1 aromatic rings. The Morgan fingerprint density at radius 1 is 1.40 bits per heavy atom. The van der Waals surface area contributed by atoms with Crippen LogP contribution in [-0.4, -0.2) is 19.0 Å². The molecule has 1 heterocycles. The fraction of sp³-hybridized carbons (Fsp3) is 0.222. The van der Waals surface area contributed by atoms with E-state index < -0.39 is 0 Å². The molecule has 1 amide bonds. The van der Waals surface area contributed by atoms with Gasteiger partial charge in [-0.3, -0.25) is 4.79 Å². The molecule has 6 heteroatoms. The zero-order valence-electron chi connectivity index (χ0n) is 7.73. The summed E-state index contributed by atoms with van der Waals surface area (Å²) in [5.74, 6) is -0.201. The predicted molar refractivity (Wildman–Crippen MR) is 64.4 cm³/mol. The van der Waals surface area contributed by atoms with Crippen LogP contribution in [0.15, 0.2) is 10.5 Å². The van der Waals surface area contributed by atoms with Crippen LogP contribution >= 0.6 is 27.5 Å². The number of nitrogens with two attached hydrogens (primary N) is 1. The van der Waals surface area contributed by atoms with Crippen LogP contribution in [-0.2, 0) is 0 Å². The zero-order valence-corrected chi connectivity index (χ0v) is 10.1. The van der Waals surface area contributed by atoms with E-state index in [1.54, 1.807) is 6.07 Å². The van der Waals surface area contributed by atoms with Crippen molar-refractivity contribution in [2.24, 2.45) is 0 Å². The first kappa shape index (κ1) is 10.6. The van der Waals surface area contributed by atoms with Gasteiger partial charge in [0, 0.05) is 17.6 Å². The van der Waals surface area contributed by atoms with Gasteiger partial charge in [0.2, 0.25) is 0 Å². The van der Waals surface area contributed by atoms with Crippen molar-refractivity contribution >= 4 is 44.8 Å². The number of carbonyl (C=O) groups is 1. The standard InChI is InChI=1S/C9H9BrClN3O/c10-4-3-5(12)8-6(7(4)11)9(15)14-2-1-13-8/h3,13H,1-2,12H2,(H,14,15). The lowest BCUT2D eigenvalue weighted by Gasteiger charge is -2.12. The van der Waals surface area contributed by atoms with Crippen molar-refractivity contribution in [2.75, 3.05) is 24.1 Å². The molecular weight excluding hydrogens is 281 g/mol. The molecule has 4 N–H and O–H groups in total. The van der Waals surface area contributed by atoms with Crippen molar-refractivity contribution in [3.05, 3.63) is 21.1 Å². The number of amides is 1. The molecule has 15 heavy (non-hydrogen) atoms. The molecule has 80 valence electrons. The van der Waals surface area contributed by atoms with E-state index in [4.69, 9.17) is 17.3 Å². The second-order valence-corrected chi connectivity index (χ2v) is 4.43. The van der Waals surface area contributed by atoms with Gasteiger partial charge >= 0.3 is 0 Å². The molecule has 0 saturated carbocycles. The normalized spacial score (nSPS) is 14.9. The second kappa shape index (κ2) is 3.90. The van der Waals surface area contributed by atoms with E-state index >= 15 is 0 Å². The summed E-state index contributed by atoms with van der Waals surface area (Å²) >= 11 is 9.31. The van der Waals surface area contributed by atoms with Crippen LogP contribution in [0.2, 0.25) is 5.02 Å². The third-order valence-corrected chi connectivity index (χ3v) is 3.44. The number of hydrogen-bond donors (Lipinski definition) is 3. The van der Waals surface area contributed by atoms with Gasteiger partial charge in [-0.05, 0) is 22.0 Å². The third-order valence-electron chi connectivity index (χ3n) is 2.19. The lowest BCUT2D eigenvalue weighted by Crippen LogP contribution is -2.24. The van der Waals surface area contributed by atoms with Gasteiger partial charge in [-0.2, -0.15) is 0 Å². The number of anilines is 2. The lowest BCUT2D eigenvalue weighted by atomic mass is 10.1. The highest BCUT2D eigenvalue weighted by atomic mass is 79.9. The van der Waals surface area contributed by atoms with Crippen molar-refractivity contribution in [2.45, 2.75) is 0 Å². The summed E-state index contributed by atoms with van der Waals surface area (Å²) in [7, 11) is 0. The highest BCUT2D eigenvalue weighted by Crippen LogP contribution is 2.36. The Hall–Kier alpha value is -0.940. The maximum Gasteiger partial charge on any atom is 0.255 e. The van der Waals surface area contributed by atoms with Gasteiger partial charge in [-0.25, -0.2) is 0 Å². The topological polar surface area (TPSA) is 67.2 Å². The van der Waals surface area contributed by atoms with E-state index in [1.165, 1.54) is 0 Å². The first-order valence-electron chi connectivity index (χ1n) is 4.41. The van der Waals surface area contributed by atoms with Gasteiger partial charge < -0.3 is 16.4 Å². The molecule has 1 aromatic carbocycles. The van der Waals surface area contributed by atoms with Crippen LogP contribution in [0.5, 0.6) is 0 Å². The largest absolute Gasteiger partial charge is 0.397 e. The monoisotopic (exact) mass is 289 g/mol. The fourth-order valence-electron chi connectivity index (χ4n) is 1.50. The van der Waals surface area contributed by atoms with E-state index in [0.29, 0.717) is 39.5 Å². The fourth-order valence-corrected chi connectivity index (χ4v) is 2.18. The number of halogens is 2. The Morgan fingerprint density at radius 3 is 2.80 bits per heavy atom. The third kappa shape index (κ3) is 1.77. The minimum atomic E-state index is -0.201. The molecule has 0 saturated heterocycles. The molecule has 0 fully saturated rings. The number of hydrogen-bond acceptors (Lipinski definition) is 3. The number of carbonyl (C=O) groups excluding carboxylic acids is 1. The van der Waals surface area contributed by atoms with Crippen LogP contribution in [0.3, 0.4) is 0 Å². The number of fused-ring (bicyclic) bond motifs is 1. The summed E-state index contributed by atoms with van der Waals surface area (Å²) in [4.78, 5) is 11.7. The molecular formula is C9H9BrClN3O. The summed E-state index contributed by atoms with van der Waals surface area (Å²) in [6.07, 6.45) is 0. The average Bonchev–Trinajstić information content (AvgIpc) is 2.37. The van der Waals surface area contributed by atoms with Crippen molar-refractivity contribution in [3.63, 3.8) is 0 Å². The van der Waals surface area contributed by atoms with E-state index in [2.05, 4.69) is 26.6 Å².